The summed E-state index contributed by atoms with van der Waals surface area (Å²) in [7, 11) is 0. The smallest absolute Gasteiger partial charge is 0.333 e. The molecule has 1 N–H and O–H groups in total. The Hall–Kier alpha value is -2.36. The number of rotatable bonds is 5. The first-order valence-electron chi connectivity index (χ1n) is 7.02. The molecule has 4 nitrogen and oxygen atoms in total. The van der Waals surface area contributed by atoms with Crippen molar-refractivity contribution in [1.29, 1.82) is 0 Å². The number of carbonyl (C=O) groups excluding carboxylic acids is 1. The van der Waals surface area contributed by atoms with Crippen molar-refractivity contribution in [2.75, 3.05) is 11.9 Å². The van der Waals surface area contributed by atoms with Crippen molar-refractivity contribution >= 4 is 11.7 Å². The molecule has 0 amide bonds. The number of anilines is 1. The van der Waals surface area contributed by atoms with Crippen LogP contribution in [-0.2, 0) is 9.53 Å². The molecule has 4 heteroatoms. The van der Waals surface area contributed by atoms with Gasteiger partial charge in [-0.2, -0.15) is 0 Å². The number of nitrogens with one attached hydrogen (secondary N) is 1. The van der Waals surface area contributed by atoms with E-state index in [2.05, 4.69) is 10.3 Å². The Balaban J connectivity index is 2.25. The molecular weight excluding hydrogens is 264 g/mol. The molecule has 0 aliphatic rings. The van der Waals surface area contributed by atoms with E-state index in [9.17, 15) is 4.79 Å². The highest BCUT2D eigenvalue weighted by Gasteiger charge is 2.22. The molecule has 1 heterocycles. The van der Waals surface area contributed by atoms with E-state index in [1.807, 2.05) is 50.2 Å². The van der Waals surface area contributed by atoms with Gasteiger partial charge in [0.1, 0.15) is 0 Å². The maximum atomic E-state index is 12.2. The number of pyridine rings is 1. The van der Waals surface area contributed by atoms with Crippen molar-refractivity contribution in [3.8, 4) is 0 Å². The molecule has 0 saturated heterocycles. The van der Waals surface area contributed by atoms with E-state index in [0.717, 1.165) is 16.9 Å². The highest BCUT2D eigenvalue weighted by molar-refractivity contribution is 5.81. The van der Waals surface area contributed by atoms with Crippen molar-refractivity contribution < 1.29 is 9.53 Å². The highest BCUT2D eigenvalue weighted by atomic mass is 16.5. The number of aromatic nitrogens is 1. The summed E-state index contributed by atoms with van der Waals surface area (Å²) in [5.41, 5.74) is 3.75. The number of nitrogens with zero attached hydrogens (tertiary/aromatic N) is 1. The predicted octanol–water partition coefficient (Wildman–Crippen LogP) is 3.41. The SMILES string of the molecule is CCOC(=O)C(Nc1ccc(C)cc1)c1ccc(C)nc1. The van der Waals surface area contributed by atoms with Crippen LogP contribution in [0.1, 0.15) is 29.8 Å². The summed E-state index contributed by atoms with van der Waals surface area (Å²) in [6.45, 7) is 6.09. The van der Waals surface area contributed by atoms with Crippen molar-refractivity contribution in [3.63, 3.8) is 0 Å². The molecule has 1 aromatic carbocycles. The fourth-order valence-electron chi connectivity index (χ4n) is 1.97. The van der Waals surface area contributed by atoms with Crippen LogP contribution < -0.4 is 5.32 Å². The zero-order valence-electron chi connectivity index (χ0n) is 12.6. The average molecular weight is 284 g/mol. The quantitative estimate of drug-likeness (QED) is 0.855. The molecule has 0 bridgehead atoms. The summed E-state index contributed by atoms with van der Waals surface area (Å²) in [6.07, 6.45) is 1.71. The fraction of sp³-hybridized carbons (Fsp3) is 0.294. The minimum absolute atomic E-state index is 0.302. The normalized spacial score (nSPS) is 11.8. The van der Waals surface area contributed by atoms with Crippen LogP contribution in [0.2, 0.25) is 0 Å². The lowest BCUT2D eigenvalue weighted by Crippen LogP contribution is -2.23. The standard InChI is InChI=1S/C17H20N2O2/c1-4-21-17(20)16(14-8-7-13(3)18-11-14)19-15-9-5-12(2)6-10-15/h5-11,16,19H,4H2,1-3H3. The lowest BCUT2D eigenvalue weighted by Gasteiger charge is -2.18. The second kappa shape index (κ2) is 6.88. The summed E-state index contributed by atoms with van der Waals surface area (Å²) in [6, 6.07) is 11.1. The summed E-state index contributed by atoms with van der Waals surface area (Å²) in [4.78, 5) is 16.4. The van der Waals surface area contributed by atoms with Gasteiger partial charge in [-0.15, -0.1) is 0 Å². The largest absolute Gasteiger partial charge is 0.464 e. The molecule has 0 aliphatic heterocycles. The van der Waals surface area contributed by atoms with Crippen LogP contribution in [-0.4, -0.2) is 17.6 Å². The molecule has 0 radical (unpaired) electrons. The number of ether oxygens (including phenoxy) is 1. The molecule has 110 valence electrons. The molecule has 2 aromatic rings. The minimum atomic E-state index is -0.555. The zero-order chi connectivity index (χ0) is 15.2. The van der Waals surface area contributed by atoms with Crippen LogP contribution in [0.3, 0.4) is 0 Å². The van der Waals surface area contributed by atoms with Gasteiger partial charge in [-0.05, 0) is 39.0 Å². The number of carbonyl (C=O) groups is 1. The average Bonchev–Trinajstić information content (AvgIpc) is 2.48. The number of benzene rings is 1. The van der Waals surface area contributed by atoms with Crippen LogP contribution in [0.4, 0.5) is 5.69 Å². The van der Waals surface area contributed by atoms with Gasteiger partial charge < -0.3 is 10.1 Å². The maximum absolute atomic E-state index is 12.2. The van der Waals surface area contributed by atoms with E-state index in [4.69, 9.17) is 4.74 Å². The van der Waals surface area contributed by atoms with Crippen LogP contribution in [0.15, 0.2) is 42.6 Å². The monoisotopic (exact) mass is 284 g/mol. The Morgan fingerprint density at radius 2 is 1.90 bits per heavy atom. The maximum Gasteiger partial charge on any atom is 0.333 e. The van der Waals surface area contributed by atoms with Gasteiger partial charge in [0.15, 0.2) is 6.04 Å². The number of hydrogen-bond donors (Lipinski definition) is 1. The lowest BCUT2D eigenvalue weighted by molar-refractivity contribution is -0.144. The van der Waals surface area contributed by atoms with Gasteiger partial charge in [-0.1, -0.05) is 23.8 Å². The first-order chi connectivity index (χ1) is 10.1. The van der Waals surface area contributed by atoms with Crippen LogP contribution in [0.5, 0.6) is 0 Å². The molecule has 0 spiro atoms. The van der Waals surface area contributed by atoms with Gasteiger partial charge in [-0.25, -0.2) is 4.79 Å². The van der Waals surface area contributed by atoms with E-state index in [1.54, 1.807) is 13.1 Å². The van der Waals surface area contributed by atoms with Crippen molar-refractivity contribution in [2.45, 2.75) is 26.8 Å². The Morgan fingerprint density at radius 3 is 2.48 bits per heavy atom. The molecule has 0 fully saturated rings. The third-order valence-corrected chi connectivity index (χ3v) is 3.15. The molecule has 0 saturated carbocycles. The van der Waals surface area contributed by atoms with Gasteiger partial charge in [0.05, 0.1) is 6.61 Å². The van der Waals surface area contributed by atoms with Gasteiger partial charge in [-0.3, -0.25) is 4.98 Å². The Bertz CT molecular complexity index is 591. The van der Waals surface area contributed by atoms with E-state index < -0.39 is 6.04 Å². The van der Waals surface area contributed by atoms with E-state index >= 15 is 0 Å². The molecular formula is C17H20N2O2. The fourth-order valence-corrected chi connectivity index (χ4v) is 1.97. The molecule has 1 aromatic heterocycles. The summed E-state index contributed by atoms with van der Waals surface area (Å²) >= 11 is 0. The Kier molecular flexibility index (Phi) is 4.93. The third kappa shape index (κ3) is 4.05. The molecule has 1 unspecified atom stereocenters. The van der Waals surface area contributed by atoms with Crippen LogP contribution in [0, 0.1) is 13.8 Å². The van der Waals surface area contributed by atoms with Crippen LogP contribution >= 0.6 is 0 Å². The van der Waals surface area contributed by atoms with E-state index in [-0.39, 0.29) is 5.97 Å². The van der Waals surface area contributed by atoms with E-state index in [1.165, 1.54) is 5.56 Å². The van der Waals surface area contributed by atoms with E-state index in [0.29, 0.717) is 6.61 Å². The van der Waals surface area contributed by atoms with Gasteiger partial charge >= 0.3 is 5.97 Å². The first kappa shape index (κ1) is 15.0. The van der Waals surface area contributed by atoms with Crippen molar-refractivity contribution in [1.82, 2.24) is 4.98 Å². The Labute approximate surface area is 125 Å². The molecule has 0 aliphatic carbocycles. The topological polar surface area (TPSA) is 51.2 Å². The molecule has 2 rings (SSSR count). The second-order valence-corrected chi connectivity index (χ2v) is 4.93. The minimum Gasteiger partial charge on any atom is -0.464 e. The molecule has 21 heavy (non-hydrogen) atoms. The summed E-state index contributed by atoms with van der Waals surface area (Å²) in [5, 5.41) is 3.21. The highest BCUT2D eigenvalue weighted by Crippen LogP contribution is 2.21. The predicted molar refractivity (Wildman–Crippen MR) is 83.1 cm³/mol. The number of hydrogen-bond acceptors (Lipinski definition) is 4. The third-order valence-electron chi connectivity index (χ3n) is 3.15. The first-order valence-corrected chi connectivity index (χ1v) is 7.02. The van der Waals surface area contributed by atoms with Crippen molar-refractivity contribution in [3.05, 3.63) is 59.4 Å². The summed E-state index contributed by atoms with van der Waals surface area (Å²) < 4.78 is 5.16. The number of esters is 1. The summed E-state index contributed by atoms with van der Waals surface area (Å²) in [5.74, 6) is -0.302. The van der Waals surface area contributed by atoms with Gasteiger partial charge in [0.25, 0.3) is 0 Å². The Morgan fingerprint density at radius 1 is 1.19 bits per heavy atom. The van der Waals surface area contributed by atoms with Crippen molar-refractivity contribution in [2.24, 2.45) is 0 Å². The van der Waals surface area contributed by atoms with Crippen LogP contribution in [0.25, 0.3) is 0 Å². The zero-order valence-corrected chi connectivity index (χ0v) is 12.6. The molecule has 1 atom stereocenters. The second-order valence-electron chi connectivity index (χ2n) is 4.93. The number of aryl methyl sites for hydroxylation is 2. The lowest BCUT2D eigenvalue weighted by atomic mass is 10.1. The van der Waals surface area contributed by atoms with Gasteiger partial charge in [0.2, 0.25) is 0 Å². The van der Waals surface area contributed by atoms with Gasteiger partial charge in [0, 0.05) is 23.1 Å².